The smallest absolute Gasteiger partial charge is 0.255 e. The molecule has 0 radical (unpaired) electrons. The van der Waals surface area contributed by atoms with Crippen LogP contribution in [-0.4, -0.2) is 92.5 Å². The number of fused-ring (bicyclic) bond motifs is 1. The number of benzene rings is 2. The number of carbonyl (C=O) groups is 3. The number of nitrogens with one attached hydrogen (secondary N) is 2. The predicted molar refractivity (Wildman–Crippen MR) is 146 cm³/mol. The molecule has 0 aromatic heterocycles. The van der Waals surface area contributed by atoms with Crippen LogP contribution in [0.4, 0.5) is 11.4 Å². The van der Waals surface area contributed by atoms with Gasteiger partial charge in [-0.25, -0.2) is 0 Å². The molecule has 6 rings (SSSR count). The van der Waals surface area contributed by atoms with Crippen LogP contribution in [0.3, 0.4) is 0 Å². The number of imide groups is 1. The first-order valence-corrected chi connectivity index (χ1v) is 13.8. The number of carbonyl (C=O) groups excluding carboxylic acids is 3. The van der Waals surface area contributed by atoms with E-state index in [1.807, 2.05) is 12.1 Å². The van der Waals surface area contributed by atoms with Gasteiger partial charge in [0.1, 0.15) is 6.04 Å². The SMILES string of the molecule is O=C1CCC(N2Cc3cc(N4CCN(c5ccc(CCN6CCNCC6)cc5)CC4)ccc3C2=O)C(=O)N1. The number of hydrogen-bond donors (Lipinski definition) is 2. The lowest BCUT2D eigenvalue weighted by Gasteiger charge is -2.37. The van der Waals surface area contributed by atoms with E-state index >= 15 is 0 Å². The van der Waals surface area contributed by atoms with Gasteiger partial charge in [-0.2, -0.15) is 0 Å². The monoisotopic (exact) mass is 516 g/mol. The molecule has 9 nitrogen and oxygen atoms in total. The van der Waals surface area contributed by atoms with Crippen LogP contribution >= 0.6 is 0 Å². The zero-order chi connectivity index (χ0) is 26.1. The molecule has 3 fully saturated rings. The lowest BCUT2D eigenvalue weighted by molar-refractivity contribution is -0.136. The Balaban J connectivity index is 1.03. The molecule has 0 spiro atoms. The first-order chi connectivity index (χ1) is 18.5. The van der Waals surface area contributed by atoms with Crippen LogP contribution in [0.25, 0.3) is 0 Å². The summed E-state index contributed by atoms with van der Waals surface area (Å²) in [6.45, 7) is 9.71. The molecule has 38 heavy (non-hydrogen) atoms. The van der Waals surface area contributed by atoms with E-state index in [0.717, 1.165) is 76.6 Å². The maximum absolute atomic E-state index is 13.0. The Morgan fingerprint density at radius 1 is 0.816 bits per heavy atom. The van der Waals surface area contributed by atoms with Crippen LogP contribution in [0.1, 0.15) is 34.3 Å². The minimum atomic E-state index is -0.576. The van der Waals surface area contributed by atoms with Crippen molar-refractivity contribution < 1.29 is 14.4 Å². The maximum atomic E-state index is 13.0. The van der Waals surface area contributed by atoms with Crippen molar-refractivity contribution in [1.82, 2.24) is 20.4 Å². The number of piperazine rings is 2. The molecule has 4 aliphatic rings. The molecule has 4 aliphatic heterocycles. The van der Waals surface area contributed by atoms with Gasteiger partial charge in [-0.05, 0) is 54.3 Å². The van der Waals surface area contributed by atoms with Crippen LogP contribution in [0.2, 0.25) is 0 Å². The van der Waals surface area contributed by atoms with E-state index in [1.54, 1.807) is 4.90 Å². The van der Waals surface area contributed by atoms with E-state index in [4.69, 9.17) is 0 Å². The standard InChI is InChI=1S/C29H36N6O3/c36-27-8-7-26(28(37)31-27)35-20-22-19-24(5-6-25(22)29(35)38)34-17-15-33(16-18-34)23-3-1-21(2-4-23)9-12-32-13-10-30-11-14-32/h1-6,19,26,30H,7-18,20H2,(H,31,36,37). The third-order valence-electron chi connectivity index (χ3n) is 8.38. The third kappa shape index (κ3) is 5.13. The Labute approximate surface area is 223 Å². The quantitative estimate of drug-likeness (QED) is 0.559. The highest BCUT2D eigenvalue weighted by molar-refractivity contribution is 6.05. The third-order valence-corrected chi connectivity index (χ3v) is 8.38. The van der Waals surface area contributed by atoms with Crippen molar-refractivity contribution in [2.75, 3.05) is 68.7 Å². The van der Waals surface area contributed by atoms with E-state index in [1.165, 1.54) is 11.3 Å². The van der Waals surface area contributed by atoms with Gasteiger partial charge < -0.3 is 24.9 Å². The van der Waals surface area contributed by atoms with Gasteiger partial charge in [-0.3, -0.25) is 19.7 Å². The first kappa shape index (κ1) is 24.9. The minimum absolute atomic E-state index is 0.123. The van der Waals surface area contributed by atoms with Gasteiger partial charge in [-0.1, -0.05) is 12.1 Å². The zero-order valence-electron chi connectivity index (χ0n) is 21.8. The van der Waals surface area contributed by atoms with Crippen molar-refractivity contribution >= 4 is 29.1 Å². The number of amides is 3. The van der Waals surface area contributed by atoms with Crippen molar-refractivity contribution in [3.8, 4) is 0 Å². The second-order valence-corrected chi connectivity index (χ2v) is 10.7. The average molecular weight is 517 g/mol. The Morgan fingerprint density at radius 2 is 1.50 bits per heavy atom. The second-order valence-electron chi connectivity index (χ2n) is 10.7. The summed E-state index contributed by atoms with van der Waals surface area (Å²) < 4.78 is 0. The van der Waals surface area contributed by atoms with Gasteiger partial charge in [-0.15, -0.1) is 0 Å². The predicted octanol–water partition coefficient (Wildman–Crippen LogP) is 1.22. The van der Waals surface area contributed by atoms with Gasteiger partial charge in [0.05, 0.1) is 0 Å². The van der Waals surface area contributed by atoms with E-state index in [0.29, 0.717) is 18.5 Å². The van der Waals surface area contributed by atoms with E-state index in [2.05, 4.69) is 55.7 Å². The lowest BCUT2D eigenvalue weighted by atomic mass is 10.0. The minimum Gasteiger partial charge on any atom is -0.368 e. The summed E-state index contributed by atoms with van der Waals surface area (Å²) in [5, 5.41) is 5.78. The highest BCUT2D eigenvalue weighted by Gasteiger charge is 2.39. The fourth-order valence-corrected chi connectivity index (χ4v) is 6.08. The molecule has 3 amide bonds. The highest BCUT2D eigenvalue weighted by atomic mass is 16.2. The Morgan fingerprint density at radius 3 is 2.21 bits per heavy atom. The Kier molecular flexibility index (Phi) is 7.04. The van der Waals surface area contributed by atoms with Crippen LogP contribution in [-0.2, 0) is 22.6 Å². The van der Waals surface area contributed by atoms with Crippen LogP contribution in [0, 0.1) is 0 Å². The molecule has 0 saturated carbocycles. The van der Waals surface area contributed by atoms with Gasteiger partial charge >= 0.3 is 0 Å². The van der Waals surface area contributed by atoms with Crippen molar-refractivity contribution in [3.05, 3.63) is 59.2 Å². The largest absolute Gasteiger partial charge is 0.368 e. The van der Waals surface area contributed by atoms with Gasteiger partial charge in [0.25, 0.3) is 5.91 Å². The molecular formula is C29H36N6O3. The van der Waals surface area contributed by atoms with E-state index in [-0.39, 0.29) is 24.1 Å². The number of rotatable bonds is 6. The van der Waals surface area contributed by atoms with Crippen molar-refractivity contribution in [2.24, 2.45) is 0 Å². The van der Waals surface area contributed by atoms with Gasteiger partial charge in [0.2, 0.25) is 11.8 Å². The molecule has 2 aromatic carbocycles. The summed E-state index contributed by atoms with van der Waals surface area (Å²) in [5.41, 5.74) is 5.40. The normalized spacial score (nSPS) is 22.6. The zero-order valence-corrected chi connectivity index (χ0v) is 21.8. The summed E-state index contributed by atoms with van der Waals surface area (Å²) in [5.74, 6) is -0.757. The molecule has 2 N–H and O–H groups in total. The maximum Gasteiger partial charge on any atom is 0.255 e. The number of nitrogens with zero attached hydrogens (tertiary/aromatic N) is 4. The Hall–Kier alpha value is -3.43. The molecule has 1 atom stereocenters. The van der Waals surface area contributed by atoms with Crippen LogP contribution in [0.15, 0.2) is 42.5 Å². The van der Waals surface area contributed by atoms with E-state index in [9.17, 15) is 14.4 Å². The number of anilines is 2. The number of hydrogen-bond acceptors (Lipinski definition) is 7. The molecule has 1 unspecified atom stereocenters. The molecule has 0 bridgehead atoms. The molecule has 9 heteroatoms. The summed E-state index contributed by atoms with van der Waals surface area (Å²) in [4.78, 5) is 45.8. The highest BCUT2D eigenvalue weighted by Crippen LogP contribution is 2.31. The summed E-state index contributed by atoms with van der Waals surface area (Å²) >= 11 is 0. The summed E-state index contributed by atoms with van der Waals surface area (Å²) in [6.07, 6.45) is 1.75. The fraction of sp³-hybridized carbons (Fsp3) is 0.483. The fourth-order valence-electron chi connectivity index (χ4n) is 6.08. The van der Waals surface area contributed by atoms with Crippen molar-refractivity contribution in [3.63, 3.8) is 0 Å². The lowest BCUT2D eigenvalue weighted by Crippen LogP contribution is -2.52. The van der Waals surface area contributed by atoms with Crippen LogP contribution < -0.4 is 20.4 Å². The Bertz CT molecular complexity index is 1200. The second kappa shape index (κ2) is 10.7. The van der Waals surface area contributed by atoms with Crippen LogP contribution in [0.5, 0.6) is 0 Å². The van der Waals surface area contributed by atoms with Gasteiger partial charge in [0, 0.05) is 88.8 Å². The molecule has 0 aliphatic carbocycles. The molecule has 2 aromatic rings. The van der Waals surface area contributed by atoms with Crippen molar-refractivity contribution in [2.45, 2.75) is 31.8 Å². The number of piperidine rings is 1. The molecule has 4 heterocycles. The molecule has 3 saturated heterocycles. The van der Waals surface area contributed by atoms with E-state index < -0.39 is 6.04 Å². The molecular weight excluding hydrogens is 480 g/mol. The first-order valence-electron chi connectivity index (χ1n) is 13.8. The van der Waals surface area contributed by atoms with Crippen molar-refractivity contribution in [1.29, 1.82) is 0 Å². The average Bonchev–Trinajstić information content (AvgIpc) is 3.28. The molecule has 200 valence electrons. The topological polar surface area (TPSA) is 88.2 Å². The van der Waals surface area contributed by atoms with Gasteiger partial charge in [0.15, 0.2) is 0 Å². The summed E-state index contributed by atoms with van der Waals surface area (Å²) in [6, 6.07) is 14.5. The summed E-state index contributed by atoms with van der Waals surface area (Å²) in [7, 11) is 0.